The summed E-state index contributed by atoms with van der Waals surface area (Å²) >= 11 is 0. The minimum Gasteiger partial charge on any atom is -0.438 e. The number of aromatic nitrogens is 4. The Hall–Kier alpha value is -4.38. The summed E-state index contributed by atoms with van der Waals surface area (Å²) in [4.78, 5) is 34.3. The summed E-state index contributed by atoms with van der Waals surface area (Å²) < 4.78 is 26.7. The van der Waals surface area contributed by atoms with Gasteiger partial charge in [0.2, 0.25) is 17.7 Å². The number of benzene rings is 2. The molecule has 194 valence electrons. The van der Waals surface area contributed by atoms with E-state index in [4.69, 9.17) is 9.47 Å². The maximum atomic E-state index is 13.1. The molecule has 0 radical (unpaired) electrons. The van der Waals surface area contributed by atoms with Gasteiger partial charge in [0.25, 0.3) is 0 Å². The number of halogens is 1. The Bertz CT molecular complexity index is 1480. The van der Waals surface area contributed by atoms with Crippen molar-refractivity contribution < 1.29 is 23.5 Å². The molecule has 6 rings (SSSR count). The van der Waals surface area contributed by atoms with Gasteiger partial charge in [0.1, 0.15) is 28.7 Å². The number of rotatable bonds is 7. The maximum Gasteiger partial charge on any atom is 0.240 e. The second-order valence-corrected chi connectivity index (χ2v) is 9.45. The van der Waals surface area contributed by atoms with Crippen LogP contribution in [0.3, 0.4) is 0 Å². The normalized spacial score (nSPS) is 18.1. The molecule has 1 saturated heterocycles. The highest BCUT2D eigenvalue weighted by Crippen LogP contribution is 2.47. The fourth-order valence-corrected chi connectivity index (χ4v) is 4.48. The summed E-state index contributed by atoms with van der Waals surface area (Å²) in [6.07, 6.45) is 6.82. The predicted octanol–water partition coefficient (Wildman–Crippen LogP) is 4.81. The van der Waals surface area contributed by atoms with Crippen molar-refractivity contribution in [2.24, 2.45) is 5.41 Å². The van der Waals surface area contributed by atoms with Crippen molar-refractivity contribution >= 4 is 34.2 Å². The topological polar surface area (TPSA) is 120 Å². The number of nitrogens with zero attached hydrogens (tertiary/aromatic N) is 4. The monoisotopic (exact) mass is 516 g/mol. The van der Waals surface area contributed by atoms with Crippen LogP contribution in [0.5, 0.6) is 11.6 Å². The molecule has 1 aliphatic carbocycles. The highest BCUT2D eigenvalue weighted by atomic mass is 19.1. The molecule has 2 N–H and O–H groups in total. The van der Waals surface area contributed by atoms with E-state index < -0.39 is 17.1 Å². The van der Waals surface area contributed by atoms with E-state index in [1.807, 2.05) is 0 Å². The van der Waals surface area contributed by atoms with E-state index in [1.54, 1.807) is 35.1 Å². The molecule has 0 bridgehead atoms. The zero-order chi connectivity index (χ0) is 26.1. The van der Waals surface area contributed by atoms with Crippen molar-refractivity contribution in [2.45, 2.75) is 38.3 Å². The van der Waals surface area contributed by atoms with Crippen molar-refractivity contribution in [3.05, 3.63) is 66.9 Å². The molecule has 2 fully saturated rings. The minimum absolute atomic E-state index is 0.153. The maximum absolute atomic E-state index is 13.1. The van der Waals surface area contributed by atoms with Crippen LogP contribution in [-0.4, -0.2) is 38.2 Å². The quantitative estimate of drug-likeness (QED) is 0.338. The van der Waals surface area contributed by atoms with Crippen LogP contribution in [0.2, 0.25) is 0 Å². The number of anilines is 2. The predicted molar refractivity (Wildman–Crippen MR) is 136 cm³/mol. The molecule has 3 heterocycles. The van der Waals surface area contributed by atoms with Crippen LogP contribution in [0.25, 0.3) is 11.0 Å². The van der Waals surface area contributed by atoms with Gasteiger partial charge in [0.15, 0.2) is 11.9 Å². The van der Waals surface area contributed by atoms with Gasteiger partial charge in [-0.15, -0.1) is 0 Å². The fraction of sp³-hybridized carbons (Fsp3) is 0.296. The second-order valence-electron chi connectivity index (χ2n) is 9.45. The molecule has 1 saturated carbocycles. The smallest absolute Gasteiger partial charge is 0.240 e. The Morgan fingerprint density at radius 3 is 2.29 bits per heavy atom. The molecule has 1 atom stereocenters. The van der Waals surface area contributed by atoms with Crippen molar-refractivity contribution in [1.82, 2.24) is 19.7 Å². The lowest BCUT2D eigenvalue weighted by molar-refractivity contribution is -0.131. The third-order valence-electron chi connectivity index (χ3n) is 6.83. The second kappa shape index (κ2) is 9.82. The fourth-order valence-electron chi connectivity index (χ4n) is 4.48. The molecular weight excluding hydrogens is 491 g/mol. The molecule has 2 aliphatic rings. The largest absolute Gasteiger partial charge is 0.438 e. The van der Waals surface area contributed by atoms with Gasteiger partial charge in [0, 0.05) is 18.0 Å². The summed E-state index contributed by atoms with van der Waals surface area (Å²) in [5, 5.41) is 10.6. The molecule has 2 aromatic heterocycles. The van der Waals surface area contributed by atoms with Gasteiger partial charge in [0.05, 0.1) is 6.20 Å². The van der Waals surface area contributed by atoms with Crippen molar-refractivity contribution in [1.29, 1.82) is 0 Å². The molecule has 38 heavy (non-hydrogen) atoms. The number of ether oxygens (including phenoxy) is 2. The SMILES string of the molecule is O=C(Nc1ccc(F)cc1)C1(C(=O)Nc2ccc(Oc3ncnc4c3cnn4C3CCCCO3)cc2)CC1. The van der Waals surface area contributed by atoms with Crippen LogP contribution in [0.1, 0.15) is 38.3 Å². The average molecular weight is 517 g/mol. The highest BCUT2D eigenvalue weighted by molar-refractivity contribution is 6.16. The van der Waals surface area contributed by atoms with Gasteiger partial charge in [-0.25, -0.2) is 19.0 Å². The van der Waals surface area contributed by atoms with Gasteiger partial charge >= 0.3 is 0 Å². The molecular formula is C27H25FN6O4. The zero-order valence-corrected chi connectivity index (χ0v) is 20.4. The van der Waals surface area contributed by atoms with Gasteiger partial charge in [-0.3, -0.25) is 9.59 Å². The number of carbonyl (C=O) groups excluding carboxylic acids is 2. The van der Waals surface area contributed by atoms with Crippen LogP contribution in [-0.2, 0) is 14.3 Å². The van der Waals surface area contributed by atoms with E-state index in [-0.39, 0.29) is 12.1 Å². The Kier molecular flexibility index (Phi) is 6.20. The summed E-state index contributed by atoms with van der Waals surface area (Å²) in [7, 11) is 0. The van der Waals surface area contributed by atoms with Crippen LogP contribution >= 0.6 is 0 Å². The van der Waals surface area contributed by atoms with E-state index in [1.165, 1.54) is 30.6 Å². The first-order valence-electron chi connectivity index (χ1n) is 12.5. The van der Waals surface area contributed by atoms with Crippen LogP contribution in [0, 0.1) is 11.2 Å². The Morgan fingerprint density at radius 1 is 0.974 bits per heavy atom. The molecule has 2 aromatic carbocycles. The molecule has 1 aliphatic heterocycles. The van der Waals surface area contributed by atoms with Gasteiger partial charge in [-0.05, 0) is 80.6 Å². The summed E-state index contributed by atoms with van der Waals surface area (Å²) in [6.45, 7) is 0.698. The lowest BCUT2D eigenvalue weighted by atomic mass is 10.0. The number of carbonyl (C=O) groups is 2. The van der Waals surface area contributed by atoms with Crippen LogP contribution in [0.4, 0.5) is 15.8 Å². The third kappa shape index (κ3) is 4.68. The first kappa shape index (κ1) is 24.0. The van der Waals surface area contributed by atoms with E-state index in [0.717, 1.165) is 19.3 Å². The van der Waals surface area contributed by atoms with E-state index >= 15 is 0 Å². The van der Waals surface area contributed by atoms with Crippen LogP contribution < -0.4 is 15.4 Å². The minimum atomic E-state index is -1.14. The number of hydrogen-bond donors (Lipinski definition) is 2. The molecule has 4 aromatic rings. The summed E-state index contributed by atoms with van der Waals surface area (Å²) in [6, 6.07) is 12.2. The van der Waals surface area contributed by atoms with Crippen molar-refractivity contribution in [3.63, 3.8) is 0 Å². The molecule has 10 nitrogen and oxygen atoms in total. The Morgan fingerprint density at radius 2 is 1.66 bits per heavy atom. The third-order valence-corrected chi connectivity index (χ3v) is 6.83. The van der Waals surface area contributed by atoms with Crippen molar-refractivity contribution in [3.8, 4) is 11.6 Å². The zero-order valence-electron chi connectivity index (χ0n) is 20.4. The van der Waals surface area contributed by atoms with E-state index in [9.17, 15) is 14.0 Å². The Labute approximate surface area is 217 Å². The first-order chi connectivity index (χ1) is 18.5. The van der Waals surface area contributed by atoms with Gasteiger partial charge < -0.3 is 20.1 Å². The lowest BCUT2D eigenvalue weighted by Crippen LogP contribution is -2.35. The number of fused-ring (bicyclic) bond motifs is 1. The van der Waals surface area contributed by atoms with E-state index in [2.05, 4.69) is 25.7 Å². The van der Waals surface area contributed by atoms with E-state index in [0.29, 0.717) is 53.5 Å². The van der Waals surface area contributed by atoms with Gasteiger partial charge in [-0.2, -0.15) is 5.10 Å². The number of amides is 2. The standard InChI is InChI=1S/C27H25FN6O4/c28-17-4-6-18(7-5-17)32-25(35)27(12-13-27)26(36)33-19-8-10-20(11-9-19)38-24-21-15-31-34(23(21)29-16-30-24)22-3-1-2-14-37-22/h4-11,15-16,22H,1-3,12-14H2,(H,32,35)(H,33,36). The molecule has 11 heteroatoms. The first-order valence-corrected chi connectivity index (χ1v) is 12.5. The number of hydrogen-bond acceptors (Lipinski definition) is 7. The molecule has 1 unspecified atom stereocenters. The molecule has 2 amide bonds. The lowest BCUT2D eigenvalue weighted by Gasteiger charge is -2.22. The molecule has 0 spiro atoms. The summed E-state index contributed by atoms with van der Waals surface area (Å²) in [5.74, 6) is -0.320. The average Bonchev–Trinajstić information content (AvgIpc) is 3.65. The van der Waals surface area contributed by atoms with Crippen LogP contribution in [0.15, 0.2) is 61.1 Å². The van der Waals surface area contributed by atoms with Gasteiger partial charge in [-0.1, -0.05) is 0 Å². The highest BCUT2D eigenvalue weighted by Gasteiger charge is 2.56. The summed E-state index contributed by atoms with van der Waals surface area (Å²) in [5.41, 5.74) is 0.462. The van der Waals surface area contributed by atoms with Crippen molar-refractivity contribution in [2.75, 3.05) is 17.2 Å². The number of nitrogens with one attached hydrogen (secondary N) is 2. The Balaban J connectivity index is 1.11.